The highest BCUT2D eigenvalue weighted by atomic mass is 32.2. The summed E-state index contributed by atoms with van der Waals surface area (Å²) < 4.78 is 30.6. The Hall–Kier alpha value is -1.49. The predicted octanol–water partition coefficient (Wildman–Crippen LogP) is 3.10. The fraction of sp³-hybridized carbons (Fsp3) is 0.385. The van der Waals surface area contributed by atoms with Gasteiger partial charge in [0.1, 0.15) is 0 Å². The average molecular weight is 267 g/mol. The second-order valence-corrected chi connectivity index (χ2v) is 6.20. The summed E-state index contributed by atoms with van der Waals surface area (Å²) in [6.07, 6.45) is 7.33. The average Bonchev–Trinajstić information content (AvgIpc) is 2.63. The highest BCUT2D eigenvalue weighted by molar-refractivity contribution is 7.92. The molecule has 1 aliphatic carbocycles. The molecule has 5 heteroatoms. The Bertz CT molecular complexity index is 601. The Morgan fingerprint density at radius 2 is 2.17 bits per heavy atom. The Morgan fingerprint density at radius 3 is 2.83 bits per heavy atom. The second-order valence-electron chi connectivity index (χ2n) is 4.45. The van der Waals surface area contributed by atoms with Gasteiger partial charge in [-0.1, -0.05) is 13.3 Å². The first-order valence-corrected chi connectivity index (χ1v) is 7.86. The van der Waals surface area contributed by atoms with Crippen LogP contribution in [0.2, 0.25) is 0 Å². The molecule has 98 valence electrons. The number of fused-ring (bicyclic) bond motifs is 1. The fourth-order valence-electron chi connectivity index (χ4n) is 2.02. The van der Waals surface area contributed by atoms with Gasteiger partial charge >= 0.3 is 0 Å². The van der Waals surface area contributed by atoms with Crippen molar-refractivity contribution in [3.05, 3.63) is 30.2 Å². The summed E-state index contributed by atoms with van der Waals surface area (Å²) in [6.45, 7) is 2.11. The molecule has 4 nitrogen and oxygen atoms in total. The summed E-state index contributed by atoms with van der Waals surface area (Å²) in [5, 5.41) is 0. The molecule has 2 rings (SSSR count). The van der Waals surface area contributed by atoms with E-state index in [1.54, 1.807) is 18.6 Å². The normalized spacial score (nSPS) is 11.9. The van der Waals surface area contributed by atoms with Gasteiger partial charge in [0.25, 0.3) is 0 Å². The van der Waals surface area contributed by atoms with Gasteiger partial charge in [-0.3, -0.25) is 4.72 Å². The number of anilines is 1. The van der Waals surface area contributed by atoms with Crippen molar-refractivity contribution in [1.82, 2.24) is 0 Å². The van der Waals surface area contributed by atoms with Crippen molar-refractivity contribution in [3.63, 3.8) is 0 Å². The van der Waals surface area contributed by atoms with E-state index in [0.717, 1.165) is 36.0 Å². The largest absolute Gasteiger partial charge is 0.472 e. The summed E-state index contributed by atoms with van der Waals surface area (Å²) in [7, 11) is -3.27. The standard InChI is InChI=1S/C13H17NO3S/c1-3-4-5-10-8-11-9-17-7-6-12(11)13(10)14-18(2,15)16/h6-9,14H,3-5H2,1-2H3. The van der Waals surface area contributed by atoms with E-state index in [-0.39, 0.29) is 0 Å². The van der Waals surface area contributed by atoms with Crippen LogP contribution in [0.4, 0.5) is 5.69 Å². The van der Waals surface area contributed by atoms with Crippen LogP contribution in [0.3, 0.4) is 0 Å². The molecule has 1 N–H and O–H groups in total. The first-order chi connectivity index (χ1) is 8.51. The molecule has 1 aliphatic heterocycles. The quantitative estimate of drug-likeness (QED) is 0.905. The number of rotatable bonds is 5. The van der Waals surface area contributed by atoms with Crippen LogP contribution < -0.4 is 4.72 Å². The Balaban J connectivity index is 2.46. The topological polar surface area (TPSA) is 59.3 Å². The summed E-state index contributed by atoms with van der Waals surface area (Å²) in [4.78, 5) is 0. The van der Waals surface area contributed by atoms with Gasteiger partial charge in [-0.25, -0.2) is 8.42 Å². The molecule has 18 heavy (non-hydrogen) atoms. The zero-order valence-electron chi connectivity index (χ0n) is 10.6. The van der Waals surface area contributed by atoms with Crippen molar-refractivity contribution in [2.75, 3.05) is 11.0 Å². The molecule has 0 saturated carbocycles. The van der Waals surface area contributed by atoms with Gasteiger partial charge in [0, 0.05) is 11.1 Å². The lowest BCUT2D eigenvalue weighted by Crippen LogP contribution is -2.10. The molecule has 0 amide bonds. The molecule has 0 atom stereocenters. The maximum atomic E-state index is 11.4. The summed E-state index contributed by atoms with van der Waals surface area (Å²) in [6, 6.07) is 3.78. The molecule has 0 bridgehead atoms. The predicted molar refractivity (Wildman–Crippen MR) is 72.4 cm³/mol. The van der Waals surface area contributed by atoms with E-state index in [1.807, 2.05) is 6.07 Å². The van der Waals surface area contributed by atoms with Crippen LogP contribution in [-0.2, 0) is 16.4 Å². The third-order valence-corrected chi connectivity index (χ3v) is 3.40. The van der Waals surface area contributed by atoms with Crippen molar-refractivity contribution in [2.24, 2.45) is 0 Å². The molecule has 0 aromatic rings. The van der Waals surface area contributed by atoms with Crippen molar-refractivity contribution in [1.29, 1.82) is 0 Å². The number of hydrogen-bond donors (Lipinski definition) is 1. The maximum absolute atomic E-state index is 11.4. The van der Waals surface area contributed by atoms with E-state index in [0.29, 0.717) is 5.69 Å². The fourth-order valence-corrected chi connectivity index (χ4v) is 2.63. The lowest BCUT2D eigenvalue weighted by molar-refractivity contribution is 0.552. The first kappa shape index (κ1) is 13.0. The zero-order chi connectivity index (χ0) is 13.2. The van der Waals surface area contributed by atoms with Crippen LogP contribution in [0, 0.1) is 0 Å². The van der Waals surface area contributed by atoms with Gasteiger partial charge in [-0.05, 0) is 30.5 Å². The number of aryl methyl sites for hydroxylation is 1. The van der Waals surface area contributed by atoms with Crippen LogP contribution >= 0.6 is 0 Å². The smallest absolute Gasteiger partial charge is 0.229 e. The molecule has 1 heterocycles. The number of nitrogens with one attached hydrogen (secondary N) is 1. The molecule has 0 aromatic carbocycles. The van der Waals surface area contributed by atoms with E-state index in [2.05, 4.69) is 11.6 Å². The number of unbranched alkanes of at least 4 members (excludes halogenated alkanes) is 1. The monoisotopic (exact) mass is 267 g/mol. The molecule has 0 aromatic heterocycles. The molecule has 0 saturated heterocycles. The number of hydrogen-bond acceptors (Lipinski definition) is 3. The molecular formula is C13H17NO3S. The molecule has 0 unspecified atom stereocenters. The van der Waals surface area contributed by atoms with Crippen LogP contribution in [0.25, 0.3) is 11.1 Å². The second kappa shape index (κ2) is 5.02. The molecule has 0 fully saturated rings. The van der Waals surface area contributed by atoms with Gasteiger partial charge in [-0.15, -0.1) is 0 Å². The van der Waals surface area contributed by atoms with Crippen LogP contribution in [0.1, 0.15) is 25.3 Å². The highest BCUT2D eigenvalue weighted by Crippen LogP contribution is 2.37. The SMILES string of the molecule is CCCCc1cc2coccc-2c1NS(C)(=O)=O. The Morgan fingerprint density at radius 1 is 1.39 bits per heavy atom. The van der Waals surface area contributed by atoms with Crippen molar-refractivity contribution in [2.45, 2.75) is 26.2 Å². The molecule has 2 aliphatic rings. The molecule has 0 spiro atoms. The molecule has 0 radical (unpaired) electrons. The van der Waals surface area contributed by atoms with Crippen molar-refractivity contribution >= 4 is 15.7 Å². The van der Waals surface area contributed by atoms with E-state index in [4.69, 9.17) is 4.42 Å². The van der Waals surface area contributed by atoms with Gasteiger partial charge in [0.05, 0.1) is 24.5 Å². The van der Waals surface area contributed by atoms with Crippen molar-refractivity contribution < 1.29 is 12.8 Å². The summed E-state index contributed by atoms with van der Waals surface area (Å²) >= 11 is 0. The summed E-state index contributed by atoms with van der Waals surface area (Å²) in [5.74, 6) is 0. The minimum Gasteiger partial charge on any atom is -0.472 e. The van der Waals surface area contributed by atoms with E-state index in [9.17, 15) is 8.42 Å². The minimum absolute atomic E-state index is 0.691. The lowest BCUT2D eigenvalue weighted by atomic mass is 10.1. The maximum Gasteiger partial charge on any atom is 0.229 e. The van der Waals surface area contributed by atoms with E-state index in [1.165, 1.54) is 6.26 Å². The van der Waals surface area contributed by atoms with Crippen LogP contribution in [0.5, 0.6) is 0 Å². The van der Waals surface area contributed by atoms with Gasteiger partial charge < -0.3 is 4.42 Å². The van der Waals surface area contributed by atoms with Gasteiger partial charge in [0.15, 0.2) is 0 Å². The minimum atomic E-state index is -3.27. The van der Waals surface area contributed by atoms with Gasteiger partial charge in [-0.2, -0.15) is 0 Å². The van der Waals surface area contributed by atoms with Gasteiger partial charge in [0.2, 0.25) is 10.0 Å². The third-order valence-electron chi connectivity index (χ3n) is 2.83. The third kappa shape index (κ3) is 2.85. The van der Waals surface area contributed by atoms with E-state index < -0.39 is 10.0 Å². The van der Waals surface area contributed by atoms with Crippen LogP contribution in [0.15, 0.2) is 29.1 Å². The Kier molecular flexibility index (Phi) is 3.61. The first-order valence-electron chi connectivity index (χ1n) is 5.97. The highest BCUT2D eigenvalue weighted by Gasteiger charge is 2.18. The van der Waals surface area contributed by atoms with Crippen molar-refractivity contribution in [3.8, 4) is 11.1 Å². The zero-order valence-corrected chi connectivity index (χ0v) is 11.4. The van der Waals surface area contributed by atoms with E-state index >= 15 is 0 Å². The number of sulfonamides is 1. The molecular weight excluding hydrogens is 250 g/mol. The van der Waals surface area contributed by atoms with Crippen LogP contribution in [-0.4, -0.2) is 14.7 Å². The Labute approximate surface area is 107 Å². The summed E-state index contributed by atoms with van der Waals surface area (Å²) in [5.41, 5.74) is 3.53. The lowest BCUT2D eigenvalue weighted by Gasteiger charge is -2.08.